The first-order valence-electron chi connectivity index (χ1n) is 11.1. The maximum Gasteiger partial charge on any atom is 0.263 e. The van der Waals surface area contributed by atoms with Crippen molar-refractivity contribution in [2.45, 2.75) is 44.7 Å². The van der Waals surface area contributed by atoms with E-state index in [4.69, 9.17) is 11.6 Å². The molecule has 0 saturated carbocycles. The number of aryl methyl sites for hydroxylation is 1. The highest BCUT2D eigenvalue weighted by Gasteiger charge is 2.35. The van der Waals surface area contributed by atoms with Crippen LogP contribution >= 0.6 is 11.6 Å². The Morgan fingerprint density at radius 1 is 1.16 bits per heavy atom. The highest BCUT2D eigenvalue weighted by molar-refractivity contribution is 7.89. The van der Waals surface area contributed by atoms with Gasteiger partial charge in [-0.05, 0) is 31.0 Å². The fourth-order valence-electron chi connectivity index (χ4n) is 3.77. The first-order valence-corrected chi connectivity index (χ1v) is 12.9. The zero-order valence-electron chi connectivity index (χ0n) is 19.0. The van der Waals surface area contributed by atoms with E-state index in [1.54, 1.807) is 22.8 Å². The van der Waals surface area contributed by atoms with Crippen LogP contribution < -0.4 is 4.90 Å². The van der Waals surface area contributed by atoms with Crippen LogP contribution in [0.25, 0.3) is 0 Å². The Hall–Kier alpha value is -2.10. The van der Waals surface area contributed by atoms with Crippen LogP contribution in [-0.2, 0) is 16.6 Å². The van der Waals surface area contributed by atoms with Gasteiger partial charge >= 0.3 is 0 Å². The molecule has 1 aromatic carbocycles. The quantitative estimate of drug-likeness (QED) is 0.549. The molecular formula is C22H32ClN5O3S. The van der Waals surface area contributed by atoms with E-state index < -0.39 is 10.0 Å². The monoisotopic (exact) mass is 481 g/mol. The molecule has 1 amide bonds. The standard InChI is InChI=1S/C22H32ClN5O3S/c1-4-6-11-25(3)22(29)20-17-27(10-5-2)24-21(20)32(30,31)28-14-12-26(13-15-28)19-9-7-8-18(23)16-19/h7-9,16-17H,4-6,10-15H2,1-3H3. The number of unbranched alkanes of at least 4 members (excludes halogenated alkanes) is 1. The Morgan fingerprint density at radius 2 is 1.88 bits per heavy atom. The number of hydrogen-bond acceptors (Lipinski definition) is 5. The second-order valence-corrected chi connectivity index (χ2v) is 10.4. The molecule has 0 spiro atoms. The molecule has 176 valence electrons. The van der Waals surface area contributed by atoms with E-state index >= 15 is 0 Å². The molecule has 0 aliphatic carbocycles. The third kappa shape index (κ3) is 5.44. The Labute approximate surface area is 195 Å². The summed E-state index contributed by atoms with van der Waals surface area (Å²) in [5.41, 5.74) is 1.12. The maximum atomic E-state index is 13.5. The highest BCUT2D eigenvalue weighted by Crippen LogP contribution is 2.25. The lowest BCUT2D eigenvalue weighted by atomic mass is 10.2. The minimum atomic E-state index is -3.90. The SMILES string of the molecule is CCCCN(C)C(=O)c1cn(CCC)nc1S(=O)(=O)N1CCN(c2cccc(Cl)c2)CC1. The van der Waals surface area contributed by atoms with Gasteiger partial charge in [-0.25, -0.2) is 8.42 Å². The number of halogens is 1. The molecule has 0 unspecified atom stereocenters. The van der Waals surface area contributed by atoms with Crippen molar-refractivity contribution in [3.05, 3.63) is 41.0 Å². The van der Waals surface area contributed by atoms with Crippen LogP contribution in [0.1, 0.15) is 43.5 Å². The van der Waals surface area contributed by atoms with Gasteiger partial charge in [-0.1, -0.05) is 37.9 Å². The summed E-state index contributed by atoms with van der Waals surface area (Å²) in [4.78, 5) is 16.7. The van der Waals surface area contributed by atoms with Crippen LogP contribution in [0.2, 0.25) is 5.02 Å². The number of carbonyl (C=O) groups excluding carboxylic acids is 1. The van der Waals surface area contributed by atoms with Crippen LogP contribution in [0.5, 0.6) is 0 Å². The van der Waals surface area contributed by atoms with Crippen molar-refractivity contribution < 1.29 is 13.2 Å². The molecule has 3 rings (SSSR count). The van der Waals surface area contributed by atoms with E-state index in [9.17, 15) is 13.2 Å². The normalized spacial score (nSPS) is 15.2. The van der Waals surface area contributed by atoms with Gasteiger partial charge in [-0.3, -0.25) is 9.48 Å². The molecule has 8 nitrogen and oxygen atoms in total. The molecule has 10 heteroatoms. The Bertz CT molecular complexity index is 1030. The van der Waals surface area contributed by atoms with Crippen molar-refractivity contribution in [1.29, 1.82) is 0 Å². The van der Waals surface area contributed by atoms with Crippen molar-refractivity contribution in [3.8, 4) is 0 Å². The lowest BCUT2D eigenvalue weighted by Gasteiger charge is -2.35. The summed E-state index contributed by atoms with van der Waals surface area (Å²) in [6, 6.07) is 7.54. The van der Waals surface area contributed by atoms with Gasteiger partial charge in [0.05, 0.1) is 5.56 Å². The van der Waals surface area contributed by atoms with Crippen LogP contribution in [-0.4, -0.2) is 73.1 Å². The molecule has 1 saturated heterocycles. The van der Waals surface area contributed by atoms with Gasteiger partial charge in [0.1, 0.15) is 0 Å². The summed E-state index contributed by atoms with van der Waals surface area (Å²) in [5, 5.41) is 4.83. The largest absolute Gasteiger partial charge is 0.369 e. The predicted molar refractivity (Wildman–Crippen MR) is 127 cm³/mol. The van der Waals surface area contributed by atoms with Gasteiger partial charge in [-0.2, -0.15) is 9.40 Å². The zero-order chi connectivity index (χ0) is 23.3. The van der Waals surface area contributed by atoms with E-state index in [0.29, 0.717) is 44.3 Å². The third-order valence-electron chi connectivity index (χ3n) is 5.60. The van der Waals surface area contributed by atoms with E-state index in [1.807, 2.05) is 31.2 Å². The van der Waals surface area contributed by atoms with Gasteiger partial charge in [0.15, 0.2) is 0 Å². The Kier molecular flexibility index (Phi) is 8.19. The molecule has 0 N–H and O–H groups in total. The summed E-state index contributed by atoms with van der Waals surface area (Å²) in [6.45, 7) is 6.87. The van der Waals surface area contributed by atoms with Crippen LogP contribution in [0, 0.1) is 0 Å². The highest BCUT2D eigenvalue weighted by atomic mass is 35.5. The zero-order valence-corrected chi connectivity index (χ0v) is 20.6. The first-order chi connectivity index (χ1) is 15.3. The fourth-order valence-corrected chi connectivity index (χ4v) is 5.47. The number of carbonyl (C=O) groups is 1. The van der Waals surface area contributed by atoms with Gasteiger partial charge in [0, 0.05) is 63.2 Å². The van der Waals surface area contributed by atoms with E-state index in [0.717, 1.165) is 24.9 Å². The molecule has 1 aliphatic rings. The van der Waals surface area contributed by atoms with Crippen LogP contribution in [0.15, 0.2) is 35.5 Å². The number of rotatable bonds is 9. The lowest BCUT2D eigenvalue weighted by Crippen LogP contribution is -2.49. The minimum Gasteiger partial charge on any atom is -0.369 e. The number of sulfonamides is 1. The molecular weight excluding hydrogens is 450 g/mol. The molecule has 0 bridgehead atoms. The van der Waals surface area contributed by atoms with E-state index in [1.165, 1.54) is 4.31 Å². The fraction of sp³-hybridized carbons (Fsp3) is 0.545. The molecule has 2 aromatic rings. The molecule has 2 heterocycles. The van der Waals surface area contributed by atoms with Gasteiger partial charge in [0.25, 0.3) is 15.9 Å². The Balaban J connectivity index is 1.82. The average molecular weight is 482 g/mol. The third-order valence-corrected chi connectivity index (χ3v) is 7.67. The minimum absolute atomic E-state index is 0.143. The van der Waals surface area contributed by atoms with Crippen LogP contribution in [0.4, 0.5) is 5.69 Å². The van der Waals surface area contributed by atoms with E-state index in [-0.39, 0.29) is 16.5 Å². The number of nitrogens with zero attached hydrogens (tertiary/aromatic N) is 5. The number of anilines is 1. The van der Waals surface area contributed by atoms with Gasteiger partial charge < -0.3 is 9.80 Å². The molecule has 1 aromatic heterocycles. The van der Waals surface area contributed by atoms with Crippen molar-refractivity contribution >= 4 is 33.2 Å². The number of aromatic nitrogens is 2. The molecule has 0 atom stereocenters. The second kappa shape index (κ2) is 10.7. The van der Waals surface area contributed by atoms with Crippen molar-refractivity contribution in [2.75, 3.05) is 44.7 Å². The first kappa shape index (κ1) is 24.5. The maximum absolute atomic E-state index is 13.5. The van der Waals surface area contributed by atoms with Crippen molar-refractivity contribution in [3.63, 3.8) is 0 Å². The van der Waals surface area contributed by atoms with Crippen molar-refractivity contribution in [1.82, 2.24) is 19.0 Å². The number of benzene rings is 1. The predicted octanol–water partition coefficient (Wildman–Crippen LogP) is 3.33. The molecule has 1 aliphatic heterocycles. The summed E-state index contributed by atoms with van der Waals surface area (Å²) in [5.74, 6) is -0.308. The van der Waals surface area contributed by atoms with E-state index in [2.05, 4.69) is 16.9 Å². The number of amides is 1. The lowest BCUT2D eigenvalue weighted by molar-refractivity contribution is 0.0789. The molecule has 0 radical (unpaired) electrons. The van der Waals surface area contributed by atoms with Crippen LogP contribution in [0.3, 0.4) is 0 Å². The summed E-state index contributed by atoms with van der Waals surface area (Å²) in [6.07, 6.45) is 4.18. The Morgan fingerprint density at radius 3 is 2.50 bits per heavy atom. The topological polar surface area (TPSA) is 78.8 Å². The number of piperazine rings is 1. The second-order valence-electron chi connectivity index (χ2n) is 8.06. The molecule has 1 fully saturated rings. The average Bonchev–Trinajstić information content (AvgIpc) is 3.22. The number of hydrogen-bond donors (Lipinski definition) is 0. The van der Waals surface area contributed by atoms with Gasteiger partial charge in [0.2, 0.25) is 5.03 Å². The summed E-state index contributed by atoms with van der Waals surface area (Å²) in [7, 11) is -2.20. The van der Waals surface area contributed by atoms with Gasteiger partial charge in [-0.15, -0.1) is 0 Å². The smallest absolute Gasteiger partial charge is 0.263 e. The summed E-state index contributed by atoms with van der Waals surface area (Å²) < 4.78 is 30.0. The molecule has 32 heavy (non-hydrogen) atoms. The van der Waals surface area contributed by atoms with Crippen molar-refractivity contribution in [2.24, 2.45) is 0 Å². The summed E-state index contributed by atoms with van der Waals surface area (Å²) >= 11 is 6.10.